The van der Waals surface area contributed by atoms with Crippen LogP contribution in [0.2, 0.25) is 0 Å². The number of nitriles is 1. The van der Waals surface area contributed by atoms with Gasteiger partial charge in [0.2, 0.25) is 5.91 Å². The van der Waals surface area contributed by atoms with E-state index in [4.69, 9.17) is 4.74 Å². The van der Waals surface area contributed by atoms with Crippen molar-refractivity contribution in [3.63, 3.8) is 0 Å². The lowest BCUT2D eigenvalue weighted by Gasteiger charge is -2.20. The lowest BCUT2D eigenvalue weighted by atomic mass is 9.86. The number of amides is 1. The molecule has 1 unspecified atom stereocenters. The molecule has 0 heterocycles. The van der Waals surface area contributed by atoms with Crippen molar-refractivity contribution in [2.24, 2.45) is 0 Å². The van der Waals surface area contributed by atoms with Gasteiger partial charge in [0.05, 0.1) is 6.07 Å². The number of nitrogens with one attached hydrogen (secondary N) is 1. The number of hydrogen-bond donors (Lipinski definition) is 1. The summed E-state index contributed by atoms with van der Waals surface area (Å²) in [6.45, 7) is 8.68. The van der Waals surface area contributed by atoms with Crippen LogP contribution in [0, 0.1) is 11.3 Å². The Balaban J connectivity index is 2.76. The molecule has 1 amide bonds. The molecular weight excluding hydrogens is 252 g/mol. The van der Waals surface area contributed by atoms with Gasteiger partial charge in [0.1, 0.15) is 12.6 Å². The molecule has 1 aromatic carbocycles. The highest BCUT2D eigenvalue weighted by molar-refractivity contribution is 5.78. The molecule has 1 atom stereocenters. The summed E-state index contributed by atoms with van der Waals surface area (Å²) in [4.78, 5) is 11.6. The lowest BCUT2D eigenvalue weighted by Crippen LogP contribution is -2.31. The first-order valence-corrected chi connectivity index (χ1v) is 6.75. The highest BCUT2D eigenvalue weighted by atomic mass is 16.5. The second-order valence-electron chi connectivity index (χ2n) is 5.64. The Labute approximate surface area is 120 Å². The number of carbonyl (C=O) groups excluding carboxylic acids is 1. The minimum Gasteiger partial charge on any atom is -0.372 e. The predicted octanol–water partition coefficient (Wildman–Crippen LogP) is 2.70. The maximum atomic E-state index is 11.6. The van der Waals surface area contributed by atoms with Crippen molar-refractivity contribution in [3.8, 4) is 6.07 Å². The fourth-order valence-corrected chi connectivity index (χ4v) is 1.76. The van der Waals surface area contributed by atoms with E-state index in [9.17, 15) is 10.1 Å². The molecule has 0 radical (unpaired) electrons. The number of ether oxygens (including phenoxy) is 1. The molecule has 108 valence electrons. The van der Waals surface area contributed by atoms with E-state index >= 15 is 0 Å². The minimum absolute atomic E-state index is 0.0191. The molecule has 4 nitrogen and oxygen atoms in total. The van der Waals surface area contributed by atoms with E-state index < -0.39 is 6.04 Å². The molecule has 1 rings (SSSR count). The third-order valence-electron chi connectivity index (χ3n) is 2.98. The Hall–Kier alpha value is -1.86. The van der Waals surface area contributed by atoms with Gasteiger partial charge in [-0.05, 0) is 23.5 Å². The van der Waals surface area contributed by atoms with Gasteiger partial charge < -0.3 is 10.1 Å². The molecule has 0 aliphatic heterocycles. The molecule has 0 aromatic heterocycles. The van der Waals surface area contributed by atoms with Crippen LogP contribution in [0.15, 0.2) is 24.3 Å². The van der Waals surface area contributed by atoms with Crippen molar-refractivity contribution in [2.75, 3.05) is 13.2 Å². The molecule has 0 saturated heterocycles. The first kappa shape index (κ1) is 16.2. The Kier molecular flexibility index (Phi) is 5.72. The van der Waals surface area contributed by atoms with E-state index in [1.54, 1.807) is 0 Å². The topological polar surface area (TPSA) is 62.1 Å². The summed E-state index contributed by atoms with van der Waals surface area (Å²) in [5.74, 6) is -0.279. The van der Waals surface area contributed by atoms with E-state index in [2.05, 4.69) is 32.2 Å². The smallest absolute Gasteiger partial charge is 0.247 e. The van der Waals surface area contributed by atoms with Crippen LogP contribution in [-0.2, 0) is 14.9 Å². The number of benzene rings is 1. The van der Waals surface area contributed by atoms with Crippen molar-refractivity contribution >= 4 is 5.91 Å². The van der Waals surface area contributed by atoms with Crippen LogP contribution in [0.3, 0.4) is 0 Å². The van der Waals surface area contributed by atoms with E-state index in [0.29, 0.717) is 6.61 Å². The van der Waals surface area contributed by atoms with Crippen molar-refractivity contribution in [2.45, 2.75) is 39.2 Å². The standard InChI is InChI=1S/C16H22N2O2/c1-5-20-11-15(19)18-14(10-17)12-6-8-13(9-7-12)16(2,3)4/h6-9,14H,5,11H2,1-4H3,(H,18,19). The van der Waals surface area contributed by atoms with Gasteiger partial charge in [-0.2, -0.15) is 5.26 Å². The zero-order valence-corrected chi connectivity index (χ0v) is 12.6. The Bertz CT molecular complexity index is 481. The average molecular weight is 274 g/mol. The molecule has 0 fully saturated rings. The number of carbonyl (C=O) groups is 1. The minimum atomic E-state index is -0.642. The highest BCUT2D eigenvalue weighted by Gasteiger charge is 2.16. The molecule has 0 bridgehead atoms. The number of rotatable bonds is 5. The van der Waals surface area contributed by atoms with Crippen LogP contribution in [0.4, 0.5) is 0 Å². The van der Waals surface area contributed by atoms with Crippen LogP contribution in [0.5, 0.6) is 0 Å². The summed E-state index contributed by atoms with van der Waals surface area (Å²) in [6, 6.07) is 9.21. The maximum Gasteiger partial charge on any atom is 0.247 e. The van der Waals surface area contributed by atoms with Gasteiger partial charge in [0, 0.05) is 6.61 Å². The van der Waals surface area contributed by atoms with Crippen molar-refractivity contribution in [1.29, 1.82) is 5.26 Å². The van der Waals surface area contributed by atoms with Crippen LogP contribution in [-0.4, -0.2) is 19.1 Å². The zero-order valence-electron chi connectivity index (χ0n) is 12.6. The third kappa shape index (κ3) is 4.67. The van der Waals surface area contributed by atoms with Gasteiger partial charge in [0.25, 0.3) is 0 Å². The first-order valence-electron chi connectivity index (χ1n) is 6.75. The van der Waals surface area contributed by atoms with Crippen LogP contribution >= 0.6 is 0 Å². The summed E-state index contributed by atoms with van der Waals surface area (Å²) >= 11 is 0. The van der Waals surface area contributed by atoms with Crippen LogP contribution < -0.4 is 5.32 Å². The Morgan fingerprint density at radius 3 is 2.40 bits per heavy atom. The normalized spacial score (nSPS) is 12.6. The molecule has 0 aliphatic carbocycles. The molecule has 1 N–H and O–H groups in total. The van der Waals surface area contributed by atoms with Crippen LogP contribution in [0.25, 0.3) is 0 Å². The molecule has 1 aromatic rings. The monoisotopic (exact) mass is 274 g/mol. The highest BCUT2D eigenvalue weighted by Crippen LogP contribution is 2.23. The molecular formula is C16H22N2O2. The summed E-state index contributed by atoms with van der Waals surface area (Å²) in [5, 5.41) is 11.8. The first-order chi connectivity index (χ1) is 9.38. The Morgan fingerprint density at radius 2 is 1.95 bits per heavy atom. The number of nitrogens with zero attached hydrogens (tertiary/aromatic N) is 1. The summed E-state index contributed by atoms with van der Waals surface area (Å²) in [6.07, 6.45) is 0. The Morgan fingerprint density at radius 1 is 1.35 bits per heavy atom. The molecule has 0 spiro atoms. The molecule has 0 saturated carbocycles. The van der Waals surface area contributed by atoms with Gasteiger partial charge in [-0.1, -0.05) is 45.0 Å². The van der Waals surface area contributed by atoms with E-state index in [0.717, 1.165) is 5.56 Å². The van der Waals surface area contributed by atoms with Gasteiger partial charge >= 0.3 is 0 Å². The number of hydrogen-bond acceptors (Lipinski definition) is 3. The summed E-state index contributed by atoms with van der Waals surface area (Å²) in [7, 11) is 0. The zero-order chi connectivity index (χ0) is 15.2. The largest absolute Gasteiger partial charge is 0.372 e. The second-order valence-corrected chi connectivity index (χ2v) is 5.64. The molecule has 20 heavy (non-hydrogen) atoms. The van der Waals surface area contributed by atoms with Crippen molar-refractivity contribution in [3.05, 3.63) is 35.4 Å². The predicted molar refractivity (Wildman–Crippen MR) is 78.1 cm³/mol. The second kappa shape index (κ2) is 7.06. The summed E-state index contributed by atoms with van der Waals surface area (Å²) in [5.41, 5.74) is 2.04. The third-order valence-corrected chi connectivity index (χ3v) is 2.98. The lowest BCUT2D eigenvalue weighted by molar-refractivity contribution is -0.125. The summed E-state index contributed by atoms with van der Waals surface area (Å²) < 4.78 is 5.02. The van der Waals surface area contributed by atoms with Crippen molar-refractivity contribution in [1.82, 2.24) is 5.32 Å². The van der Waals surface area contributed by atoms with Gasteiger partial charge in [-0.3, -0.25) is 4.79 Å². The van der Waals surface area contributed by atoms with Crippen molar-refractivity contribution < 1.29 is 9.53 Å². The quantitative estimate of drug-likeness (QED) is 0.898. The SMILES string of the molecule is CCOCC(=O)NC(C#N)c1ccc(C(C)(C)C)cc1. The van der Waals surface area contributed by atoms with E-state index in [1.165, 1.54) is 5.56 Å². The molecule has 4 heteroatoms. The van der Waals surface area contributed by atoms with E-state index in [1.807, 2.05) is 31.2 Å². The van der Waals surface area contributed by atoms with Gasteiger partial charge in [-0.15, -0.1) is 0 Å². The molecule has 0 aliphatic rings. The van der Waals surface area contributed by atoms with Gasteiger partial charge in [-0.25, -0.2) is 0 Å². The van der Waals surface area contributed by atoms with Gasteiger partial charge in [0.15, 0.2) is 0 Å². The maximum absolute atomic E-state index is 11.6. The van der Waals surface area contributed by atoms with Crippen LogP contribution in [0.1, 0.15) is 44.9 Å². The average Bonchev–Trinajstić information content (AvgIpc) is 2.41. The fraction of sp³-hybridized carbons (Fsp3) is 0.500. The van der Waals surface area contributed by atoms with E-state index in [-0.39, 0.29) is 17.9 Å². The fourth-order valence-electron chi connectivity index (χ4n) is 1.76.